The van der Waals surface area contributed by atoms with Crippen LogP contribution in [0.2, 0.25) is 0 Å². The highest BCUT2D eigenvalue weighted by molar-refractivity contribution is 5.87. The SMILES string of the molecule is CCc1c(C(C)Cc2ccccc2)ccc2ccccc12. The van der Waals surface area contributed by atoms with Gasteiger partial charge in [0.15, 0.2) is 0 Å². The van der Waals surface area contributed by atoms with Crippen molar-refractivity contribution >= 4 is 10.8 Å². The molecule has 0 heteroatoms. The van der Waals surface area contributed by atoms with E-state index in [2.05, 4.69) is 80.6 Å². The fourth-order valence-corrected chi connectivity index (χ4v) is 3.29. The summed E-state index contributed by atoms with van der Waals surface area (Å²) < 4.78 is 0. The van der Waals surface area contributed by atoms with Crippen LogP contribution in [0.15, 0.2) is 66.7 Å². The molecule has 0 nitrogen and oxygen atoms in total. The number of aryl methyl sites for hydroxylation is 1. The van der Waals surface area contributed by atoms with Crippen LogP contribution >= 0.6 is 0 Å². The molecule has 21 heavy (non-hydrogen) atoms. The van der Waals surface area contributed by atoms with Gasteiger partial charge in [-0.05, 0) is 46.2 Å². The van der Waals surface area contributed by atoms with Gasteiger partial charge in [0.05, 0.1) is 0 Å². The first kappa shape index (κ1) is 13.9. The molecular weight excluding hydrogens is 252 g/mol. The van der Waals surface area contributed by atoms with Crippen molar-refractivity contribution in [2.75, 3.05) is 0 Å². The second-order valence-corrected chi connectivity index (χ2v) is 5.80. The maximum Gasteiger partial charge on any atom is -0.0147 e. The highest BCUT2D eigenvalue weighted by Crippen LogP contribution is 2.30. The second-order valence-electron chi connectivity index (χ2n) is 5.80. The van der Waals surface area contributed by atoms with E-state index >= 15 is 0 Å². The fourth-order valence-electron chi connectivity index (χ4n) is 3.29. The van der Waals surface area contributed by atoms with Crippen molar-refractivity contribution in [3.63, 3.8) is 0 Å². The van der Waals surface area contributed by atoms with Crippen molar-refractivity contribution in [2.24, 2.45) is 0 Å². The van der Waals surface area contributed by atoms with Gasteiger partial charge in [0.2, 0.25) is 0 Å². The molecule has 3 aromatic carbocycles. The summed E-state index contributed by atoms with van der Waals surface area (Å²) in [6.45, 7) is 4.61. The summed E-state index contributed by atoms with van der Waals surface area (Å²) in [5.74, 6) is 0.548. The number of rotatable bonds is 4. The zero-order valence-electron chi connectivity index (χ0n) is 12.8. The smallest absolute Gasteiger partial charge is 0.0147 e. The molecule has 0 aromatic heterocycles. The van der Waals surface area contributed by atoms with Crippen molar-refractivity contribution in [3.8, 4) is 0 Å². The predicted molar refractivity (Wildman–Crippen MR) is 91.9 cm³/mol. The number of hydrogen-bond acceptors (Lipinski definition) is 0. The largest absolute Gasteiger partial charge is 0.0622 e. The maximum absolute atomic E-state index is 2.34. The van der Waals surface area contributed by atoms with Gasteiger partial charge >= 0.3 is 0 Å². The quantitative estimate of drug-likeness (QED) is 0.568. The van der Waals surface area contributed by atoms with Crippen LogP contribution in [0.5, 0.6) is 0 Å². The standard InChI is InChI=1S/C21H22/c1-3-19-20(14-13-18-11-7-8-12-21(18)19)16(2)15-17-9-5-4-6-10-17/h4-14,16H,3,15H2,1-2H3. The Morgan fingerprint density at radius 1 is 0.810 bits per heavy atom. The van der Waals surface area contributed by atoms with E-state index in [-0.39, 0.29) is 0 Å². The van der Waals surface area contributed by atoms with Gasteiger partial charge in [0.1, 0.15) is 0 Å². The number of hydrogen-bond donors (Lipinski definition) is 0. The van der Waals surface area contributed by atoms with Crippen LogP contribution < -0.4 is 0 Å². The van der Waals surface area contributed by atoms with Crippen molar-refractivity contribution in [1.82, 2.24) is 0 Å². The molecule has 3 aromatic rings. The zero-order chi connectivity index (χ0) is 14.7. The first-order valence-corrected chi connectivity index (χ1v) is 7.84. The Labute approximate surface area is 127 Å². The molecule has 0 amide bonds. The lowest BCUT2D eigenvalue weighted by atomic mass is 9.87. The molecule has 0 fully saturated rings. The molecule has 1 unspecified atom stereocenters. The average molecular weight is 274 g/mol. The Morgan fingerprint density at radius 2 is 1.52 bits per heavy atom. The fraction of sp³-hybridized carbons (Fsp3) is 0.238. The monoisotopic (exact) mass is 274 g/mol. The van der Waals surface area contributed by atoms with Crippen molar-refractivity contribution < 1.29 is 0 Å². The van der Waals surface area contributed by atoms with E-state index in [1.807, 2.05) is 0 Å². The Morgan fingerprint density at radius 3 is 2.29 bits per heavy atom. The molecule has 0 aliphatic rings. The van der Waals surface area contributed by atoms with E-state index in [1.165, 1.54) is 27.5 Å². The Balaban J connectivity index is 1.99. The minimum absolute atomic E-state index is 0.548. The van der Waals surface area contributed by atoms with Gasteiger partial charge < -0.3 is 0 Å². The summed E-state index contributed by atoms with van der Waals surface area (Å²) in [6.07, 6.45) is 2.20. The molecule has 106 valence electrons. The summed E-state index contributed by atoms with van der Waals surface area (Å²) >= 11 is 0. The number of fused-ring (bicyclic) bond motifs is 1. The summed E-state index contributed by atoms with van der Waals surface area (Å²) in [7, 11) is 0. The highest BCUT2D eigenvalue weighted by Gasteiger charge is 2.12. The van der Waals surface area contributed by atoms with E-state index in [4.69, 9.17) is 0 Å². The Kier molecular flexibility index (Phi) is 4.06. The lowest BCUT2D eigenvalue weighted by Crippen LogP contribution is -2.03. The highest BCUT2D eigenvalue weighted by atomic mass is 14.2. The number of benzene rings is 3. The first-order valence-electron chi connectivity index (χ1n) is 7.84. The van der Waals surface area contributed by atoms with Gasteiger partial charge in [0, 0.05) is 0 Å². The van der Waals surface area contributed by atoms with Gasteiger partial charge in [-0.15, -0.1) is 0 Å². The first-order chi connectivity index (χ1) is 10.3. The third-order valence-electron chi connectivity index (χ3n) is 4.35. The van der Waals surface area contributed by atoms with Crippen LogP contribution in [-0.2, 0) is 12.8 Å². The molecule has 0 spiro atoms. The van der Waals surface area contributed by atoms with E-state index in [0.717, 1.165) is 12.8 Å². The molecule has 0 heterocycles. The normalized spacial score (nSPS) is 12.5. The summed E-state index contributed by atoms with van der Waals surface area (Å²) in [4.78, 5) is 0. The predicted octanol–water partition coefficient (Wildman–Crippen LogP) is 5.75. The molecule has 0 aliphatic carbocycles. The van der Waals surface area contributed by atoms with Crippen LogP contribution in [0.3, 0.4) is 0 Å². The van der Waals surface area contributed by atoms with E-state index in [9.17, 15) is 0 Å². The molecule has 1 atom stereocenters. The molecule has 0 bridgehead atoms. The molecule has 0 radical (unpaired) electrons. The Hall–Kier alpha value is -2.08. The van der Waals surface area contributed by atoms with Crippen molar-refractivity contribution in [3.05, 3.63) is 83.4 Å². The molecule has 3 rings (SSSR count). The molecule has 0 saturated carbocycles. The van der Waals surface area contributed by atoms with E-state index < -0.39 is 0 Å². The minimum Gasteiger partial charge on any atom is -0.0622 e. The molecule has 0 saturated heterocycles. The third-order valence-corrected chi connectivity index (χ3v) is 4.35. The van der Waals surface area contributed by atoms with E-state index in [1.54, 1.807) is 0 Å². The van der Waals surface area contributed by atoms with Gasteiger partial charge in [-0.1, -0.05) is 80.6 Å². The van der Waals surface area contributed by atoms with Crippen molar-refractivity contribution in [1.29, 1.82) is 0 Å². The van der Waals surface area contributed by atoms with Crippen LogP contribution in [-0.4, -0.2) is 0 Å². The summed E-state index contributed by atoms with van der Waals surface area (Å²) in [5, 5.41) is 2.77. The molecule has 0 aliphatic heterocycles. The van der Waals surface area contributed by atoms with Crippen LogP contribution in [0.25, 0.3) is 10.8 Å². The molecular formula is C21H22. The third kappa shape index (κ3) is 2.85. The summed E-state index contributed by atoms with van der Waals surface area (Å²) in [6, 6.07) is 24.1. The van der Waals surface area contributed by atoms with Gasteiger partial charge in [-0.25, -0.2) is 0 Å². The Bertz CT molecular complexity index is 725. The van der Waals surface area contributed by atoms with E-state index in [0.29, 0.717) is 5.92 Å². The topological polar surface area (TPSA) is 0 Å². The van der Waals surface area contributed by atoms with Crippen molar-refractivity contribution in [2.45, 2.75) is 32.6 Å². The minimum atomic E-state index is 0.548. The van der Waals surface area contributed by atoms with Gasteiger partial charge in [0.25, 0.3) is 0 Å². The summed E-state index contributed by atoms with van der Waals surface area (Å²) in [5.41, 5.74) is 4.43. The molecule has 0 N–H and O–H groups in total. The maximum atomic E-state index is 2.34. The average Bonchev–Trinajstić information content (AvgIpc) is 2.54. The lowest BCUT2D eigenvalue weighted by Gasteiger charge is -2.18. The van der Waals surface area contributed by atoms with Crippen LogP contribution in [0, 0.1) is 0 Å². The second kappa shape index (κ2) is 6.13. The zero-order valence-corrected chi connectivity index (χ0v) is 12.8. The van der Waals surface area contributed by atoms with Crippen LogP contribution in [0.1, 0.15) is 36.5 Å². The van der Waals surface area contributed by atoms with Crippen LogP contribution in [0.4, 0.5) is 0 Å². The van der Waals surface area contributed by atoms with Gasteiger partial charge in [-0.3, -0.25) is 0 Å². The lowest BCUT2D eigenvalue weighted by molar-refractivity contribution is 0.750. The van der Waals surface area contributed by atoms with Gasteiger partial charge in [-0.2, -0.15) is 0 Å².